The van der Waals surface area contributed by atoms with Crippen molar-refractivity contribution in [3.8, 4) is 22.5 Å². The van der Waals surface area contributed by atoms with Crippen LogP contribution in [0.1, 0.15) is 19.3 Å². The predicted molar refractivity (Wildman–Crippen MR) is 135 cm³/mol. The van der Waals surface area contributed by atoms with Gasteiger partial charge in [0, 0.05) is 42.7 Å². The van der Waals surface area contributed by atoms with Crippen LogP contribution < -0.4 is 0 Å². The maximum atomic E-state index is 12.6. The number of hydrogen-bond donors (Lipinski definition) is 1. The van der Waals surface area contributed by atoms with E-state index in [0.717, 1.165) is 83.3 Å². The van der Waals surface area contributed by atoms with Crippen molar-refractivity contribution >= 4 is 27.8 Å². The summed E-state index contributed by atoms with van der Waals surface area (Å²) in [5, 5.41) is 8.36. The molecule has 35 heavy (non-hydrogen) atoms. The number of imidazole rings is 1. The summed E-state index contributed by atoms with van der Waals surface area (Å²) in [5.41, 5.74) is 6.41. The standard InChI is InChI=1S/C28H26N6O/c35-28(21-8-9-21)33-13-11-18(16-33)17-34-26-10-12-29-15-25(26)31-27(34)20-6-4-19(5-7-20)22-2-1-3-24-23(22)14-30-32-24/h1-7,10,12,14-15,18,21H,8-9,11,13,16-17H2,(H,30,32)/t18-/m0/s1. The van der Waals surface area contributed by atoms with Gasteiger partial charge in [-0.25, -0.2) is 4.98 Å². The van der Waals surface area contributed by atoms with Crippen molar-refractivity contribution in [1.82, 2.24) is 29.6 Å². The molecule has 1 aliphatic carbocycles. The molecule has 1 amide bonds. The van der Waals surface area contributed by atoms with E-state index in [-0.39, 0.29) is 5.92 Å². The zero-order valence-corrected chi connectivity index (χ0v) is 19.4. The Hall–Kier alpha value is -4.00. The molecule has 1 atom stereocenters. The summed E-state index contributed by atoms with van der Waals surface area (Å²) < 4.78 is 2.32. The van der Waals surface area contributed by atoms with Crippen LogP contribution in [0.25, 0.3) is 44.5 Å². The molecule has 1 saturated heterocycles. The lowest BCUT2D eigenvalue weighted by Crippen LogP contribution is -2.30. The highest BCUT2D eigenvalue weighted by molar-refractivity contribution is 5.94. The van der Waals surface area contributed by atoms with Gasteiger partial charge >= 0.3 is 0 Å². The van der Waals surface area contributed by atoms with Crippen molar-refractivity contribution in [2.75, 3.05) is 13.1 Å². The fourth-order valence-electron chi connectivity index (χ4n) is 5.43. The molecule has 5 aromatic rings. The molecule has 0 spiro atoms. The minimum Gasteiger partial charge on any atom is -0.342 e. The number of benzene rings is 2. The van der Waals surface area contributed by atoms with Gasteiger partial charge < -0.3 is 9.47 Å². The molecule has 0 unspecified atom stereocenters. The zero-order chi connectivity index (χ0) is 23.4. The van der Waals surface area contributed by atoms with Crippen molar-refractivity contribution in [3.05, 3.63) is 67.1 Å². The summed E-state index contributed by atoms with van der Waals surface area (Å²) in [7, 11) is 0. The Kier molecular flexibility index (Phi) is 4.68. The van der Waals surface area contributed by atoms with E-state index < -0.39 is 0 Å². The first-order chi connectivity index (χ1) is 17.2. The Labute approximate surface area is 202 Å². The molecule has 1 saturated carbocycles. The van der Waals surface area contributed by atoms with E-state index in [1.54, 1.807) is 0 Å². The number of hydrogen-bond acceptors (Lipinski definition) is 4. The Morgan fingerprint density at radius 3 is 2.71 bits per heavy atom. The molecule has 2 fully saturated rings. The topological polar surface area (TPSA) is 79.7 Å². The first kappa shape index (κ1) is 20.4. The molecular formula is C28H26N6O. The Morgan fingerprint density at radius 1 is 1.00 bits per heavy atom. The minimum absolute atomic E-state index is 0.288. The third-order valence-electron chi connectivity index (χ3n) is 7.45. The summed E-state index contributed by atoms with van der Waals surface area (Å²) in [6, 6.07) is 16.9. The van der Waals surface area contributed by atoms with Gasteiger partial charge in [-0.3, -0.25) is 14.9 Å². The average molecular weight is 463 g/mol. The van der Waals surface area contributed by atoms with Gasteiger partial charge in [0.2, 0.25) is 5.91 Å². The number of fused-ring (bicyclic) bond motifs is 2. The molecular weight excluding hydrogens is 436 g/mol. The largest absolute Gasteiger partial charge is 0.342 e. The molecule has 174 valence electrons. The molecule has 4 heterocycles. The number of amides is 1. The molecule has 1 N–H and O–H groups in total. The van der Waals surface area contributed by atoms with Gasteiger partial charge in [-0.05, 0) is 48.4 Å². The van der Waals surface area contributed by atoms with Crippen LogP contribution in [-0.4, -0.2) is 48.6 Å². The summed E-state index contributed by atoms with van der Waals surface area (Å²) in [5.74, 6) is 2.03. The van der Waals surface area contributed by atoms with Crippen molar-refractivity contribution in [3.63, 3.8) is 0 Å². The third kappa shape index (κ3) is 3.58. The van der Waals surface area contributed by atoms with Gasteiger partial charge in [-0.15, -0.1) is 0 Å². The van der Waals surface area contributed by atoms with E-state index in [2.05, 4.69) is 61.0 Å². The van der Waals surface area contributed by atoms with Crippen molar-refractivity contribution in [1.29, 1.82) is 0 Å². The van der Waals surface area contributed by atoms with E-state index in [1.165, 1.54) is 0 Å². The van der Waals surface area contributed by atoms with Crippen molar-refractivity contribution in [2.24, 2.45) is 11.8 Å². The first-order valence-corrected chi connectivity index (χ1v) is 12.4. The number of aromatic nitrogens is 5. The highest BCUT2D eigenvalue weighted by Crippen LogP contribution is 2.34. The molecule has 7 rings (SSSR count). The van der Waals surface area contributed by atoms with Crippen LogP contribution in [0, 0.1) is 11.8 Å². The quantitative estimate of drug-likeness (QED) is 0.403. The normalized spacial score (nSPS) is 18.1. The van der Waals surface area contributed by atoms with E-state index in [1.807, 2.05) is 30.7 Å². The summed E-state index contributed by atoms with van der Waals surface area (Å²) in [4.78, 5) is 23.9. The lowest BCUT2D eigenvalue weighted by molar-refractivity contribution is -0.131. The lowest BCUT2D eigenvalue weighted by Gasteiger charge is -2.18. The molecule has 3 aromatic heterocycles. The van der Waals surface area contributed by atoms with Crippen molar-refractivity contribution in [2.45, 2.75) is 25.8 Å². The molecule has 7 nitrogen and oxygen atoms in total. The van der Waals surface area contributed by atoms with Crippen LogP contribution in [0.5, 0.6) is 0 Å². The van der Waals surface area contributed by atoms with E-state index in [0.29, 0.717) is 11.8 Å². The number of carbonyl (C=O) groups is 1. The number of carbonyl (C=O) groups excluding carboxylic acids is 1. The number of nitrogens with zero attached hydrogens (tertiary/aromatic N) is 5. The van der Waals surface area contributed by atoms with Crippen LogP contribution in [0.3, 0.4) is 0 Å². The number of rotatable bonds is 5. The average Bonchev–Trinajstić information content (AvgIpc) is 3.28. The molecule has 1 aliphatic heterocycles. The summed E-state index contributed by atoms with van der Waals surface area (Å²) in [6.07, 6.45) is 8.71. The maximum Gasteiger partial charge on any atom is 0.225 e. The minimum atomic E-state index is 0.288. The SMILES string of the molecule is O=C(C1CC1)N1CC[C@H](Cn2c(-c3ccc(-c4cccc5[nH]ncc45)cc3)nc3cnccc32)C1. The van der Waals surface area contributed by atoms with Gasteiger partial charge in [0.1, 0.15) is 11.3 Å². The molecule has 2 aromatic carbocycles. The number of H-pyrrole nitrogens is 1. The van der Waals surface area contributed by atoms with Gasteiger partial charge in [-0.1, -0.05) is 36.4 Å². The molecule has 0 bridgehead atoms. The number of nitrogens with one attached hydrogen (secondary N) is 1. The summed E-state index contributed by atoms with van der Waals surface area (Å²) in [6.45, 7) is 2.56. The number of aromatic amines is 1. The first-order valence-electron chi connectivity index (χ1n) is 12.4. The van der Waals surface area contributed by atoms with Gasteiger partial charge in [0.15, 0.2) is 0 Å². The lowest BCUT2D eigenvalue weighted by atomic mass is 10.0. The van der Waals surface area contributed by atoms with Gasteiger partial charge in [0.25, 0.3) is 0 Å². The van der Waals surface area contributed by atoms with Gasteiger partial charge in [-0.2, -0.15) is 5.10 Å². The second-order valence-electron chi connectivity index (χ2n) is 9.84. The van der Waals surface area contributed by atoms with Gasteiger partial charge in [0.05, 0.1) is 23.4 Å². The Morgan fingerprint density at radius 2 is 1.86 bits per heavy atom. The van der Waals surface area contributed by atoms with Crippen LogP contribution in [0.2, 0.25) is 0 Å². The smallest absolute Gasteiger partial charge is 0.225 e. The predicted octanol–water partition coefficient (Wildman–Crippen LogP) is 4.90. The summed E-state index contributed by atoms with van der Waals surface area (Å²) >= 11 is 0. The van der Waals surface area contributed by atoms with Crippen LogP contribution in [0.4, 0.5) is 0 Å². The Balaban J connectivity index is 1.21. The van der Waals surface area contributed by atoms with Crippen LogP contribution in [0.15, 0.2) is 67.1 Å². The zero-order valence-electron chi connectivity index (χ0n) is 19.4. The van der Waals surface area contributed by atoms with Crippen LogP contribution in [-0.2, 0) is 11.3 Å². The maximum absolute atomic E-state index is 12.6. The second-order valence-corrected chi connectivity index (χ2v) is 9.84. The van der Waals surface area contributed by atoms with Crippen LogP contribution >= 0.6 is 0 Å². The monoisotopic (exact) mass is 462 g/mol. The molecule has 2 aliphatic rings. The molecule has 7 heteroatoms. The fraction of sp³-hybridized carbons (Fsp3) is 0.286. The fourth-order valence-corrected chi connectivity index (χ4v) is 5.43. The molecule has 0 radical (unpaired) electrons. The number of likely N-dealkylation sites (tertiary alicyclic amines) is 1. The number of pyridine rings is 1. The second kappa shape index (κ2) is 8.05. The van der Waals surface area contributed by atoms with E-state index in [4.69, 9.17) is 4.98 Å². The highest BCUT2D eigenvalue weighted by atomic mass is 16.2. The van der Waals surface area contributed by atoms with E-state index >= 15 is 0 Å². The van der Waals surface area contributed by atoms with Crippen molar-refractivity contribution < 1.29 is 4.79 Å². The highest BCUT2D eigenvalue weighted by Gasteiger charge is 2.36. The van der Waals surface area contributed by atoms with E-state index in [9.17, 15) is 4.79 Å². The third-order valence-corrected chi connectivity index (χ3v) is 7.45. The Bertz CT molecular complexity index is 1550.